The second-order valence-electron chi connectivity index (χ2n) is 7.37. The fraction of sp³-hybridized carbons (Fsp3) is 0.0385. The highest BCUT2D eigenvalue weighted by molar-refractivity contribution is 6.51. The number of rotatable bonds is 4. The number of nitrogens with zero attached hydrogens (tertiary/aromatic N) is 1. The van der Waals surface area contributed by atoms with Crippen LogP contribution < -0.4 is 10.2 Å². The van der Waals surface area contributed by atoms with Gasteiger partial charge in [0.1, 0.15) is 11.5 Å². The quantitative estimate of drug-likeness (QED) is 0.388. The molecule has 1 saturated heterocycles. The van der Waals surface area contributed by atoms with E-state index < -0.39 is 23.7 Å². The lowest BCUT2D eigenvalue weighted by Gasteiger charge is -2.25. The molecule has 3 aromatic carbocycles. The summed E-state index contributed by atoms with van der Waals surface area (Å²) in [5, 5.41) is 3.01. The maximum Gasteiger partial charge on any atom is 0.360 e. The van der Waals surface area contributed by atoms with E-state index in [0.717, 1.165) is 5.56 Å². The smallest absolute Gasteiger partial charge is 0.360 e. The van der Waals surface area contributed by atoms with Crippen molar-refractivity contribution in [2.45, 2.75) is 6.04 Å². The van der Waals surface area contributed by atoms with E-state index in [2.05, 4.69) is 5.32 Å². The molecule has 6 nitrogen and oxygen atoms in total. The number of cyclic esters (lactones) is 1. The lowest BCUT2D eigenvalue weighted by molar-refractivity contribution is -0.134. The van der Waals surface area contributed by atoms with E-state index in [9.17, 15) is 14.4 Å². The molecule has 32 heavy (non-hydrogen) atoms. The zero-order valence-corrected chi connectivity index (χ0v) is 16.9. The molecule has 2 heterocycles. The van der Waals surface area contributed by atoms with Crippen LogP contribution in [0.2, 0.25) is 0 Å². The van der Waals surface area contributed by atoms with Gasteiger partial charge in [-0.3, -0.25) is 14.5 Å². The summed E-state index contributed by atoms with van der Waals surface area (Å²) in [6, 6.07) is 26.7. The Balaban J connectivity index is 1.63. The summed E-state index contributed by atoms with van der Waals surface area (Å²) < 4.78 is 5.47. The van der Waals surface area contributed by atoms with Crippen LogP contribution in [0.25, 0.3) is 0 Å². The first kappa shape index (κ1) is 19.5. The molecule has 5 rings (SSSR count). The molecule has 1 unspecified atom stereocenters. The number of para-hydroxylation sites is 2. The van der Waals surface area contributed by atoms with E-state index in [-0.39, 0.29) is 17.0 Å². The van der Waals surface area contributed by atoms with Gasteiger partial charge in [0.15, 0.2) is 0 Å². The van der Waals surface area contributed by atoms with Crippen LogP contribution in [0.4, 0.5) is 11.4 Å². The number of nitrogens with one attached hydrogen (secondary N) is 1. The second-order valence-corrected chi connectivity index (χ2v) is 7.37. The average molecular weight is 422 g/mol. The molecule has 1 atom stereocenters. The zero-order chi connectivity index (χ0) is 22.1. The lowest BCUT2D eigenvalue weighted by Crippen LogP contribution is -2.29. The lowest BCUT2D eigenvalue weighted by atomic mass is 9.97. The highest BCUT2D eigenvalue weighted by Gasteiger charge is 2.47. The van der Waals surface area contributed by atoms with Crippen molar-refractivity contribution in [3.63, 3.8) is 0 Å². The van der Waals surface area contributed by atoms with Gasteiger partial charge in [-0.2, -0.15) is 0 Å². The Hall–Kier alpha value is -4.45. The summed E-state index contributed by atoms with van der Waals surface area (Å²) in [5.74, 6) is -1.88. The van der Waals surface area contributed by atoms with Crippen molar-refractivity contribution in [1.29, 1.82) is 0 Å². The van der Waals surface area contributed by atoms with Crippen molar-refractivity contribution in [3.05, 3.63) is 120 Å². The number of ether oxygens (including phenoxy) is 1. The molecule has 0 aromatic heterocycles. The van der Waals surface area contributed by atoms with Crippen LogP contribution in [0.5, 0.6) is 0 Å². The van der Waals surface area contributed by atoms with Gasteiger partial charge in [-0.1, -0.05) is 66.7 Å². The number of carbonyl (C=O) groups excluding carboxylic acids is 3. The van der Waals surface area contributed by atoms with Gasteiger partial charge in [-0.15, -0.1) is 0 Å². The highest BCUT2D eigenvalue weighted by atomic mass is 16.5. The molecule has 1 fully saturated rings. The second kappa shape index (κ2) is 8.00. The van der Waals surface area contributed by atoms with Gasteiger partial charge in [0, 0.05) is 17.5 Å². The molecule has 0 spiro atoms. The Morgan fingerprint density at radius 1 is 0.750 bits per heavy atom. The number of hydrogen-bond donors (Lipinski definition) is 1. The van der Waals surface area contributed by atoms with Crippen LogP contribution in [0.3, 0.4) is 0 Å². The first-order chi connectivity index (χ1) is 15.6. The number of esters is 1. The summed E-state index contributed by atoms with van der Waals surface area (Å²) in [6.07, 6.45) is 1.49. The topological polar surface area (TPSA) is 75.7 Å². The molecule has 6 heteroatoms. The third kappa shape index (κ3) is 3.37. The number of carbonyl (C=O) groups is 3. The monoisotopic (exact) mass is 422 g/mol. The minimum Gasteiger partial charge on any atom is -0.421 e. The molecular formula is C26H18N2O4. The Morgan fingerprint density at radius 3 is 2.00 bits per heavy atom. The number of benzene rings is 3. The van der Waals surface area contributed by atoms with Crippen LogP contribution >= 0.6 is 0 Å². The van der Waals surface area contributed by atoms with E-state index in [1.54, 1.807) is 24.3 Å². The minimum atomic E-state index is -0.714. The highest BCUT2D eigenvalue weighted by Crippen LogP contribution is 2.42. The number of hydrogen-bond acceptors (Lipinski definition) is 5. The molecule has 2 aliphatic rings. The normalized spacial score (nSPS) is 20.4. The van der Waals surface area contributed by atoms with Gasteiger partial charge in [-0.05, 0) is 29.8 Å². The summed E-state index contributed by atoms with van der Waals surface area (Å²) in [5.41, 5.74) is 2.38. The Morgan fingerprint density at radius 2 is 1.34 bits per heavy atom. The largest absolute Gasteiger partial charge is 0.421 e. The standard InChI is InChI=1S/C26H18N2O4/c29-24-22(21-16-20(26(31)32-21)27-18-12-6-2-7-13-18)23(17-10-4-1-5-11-17)28(25(24)30)19-14-8-3-9-15-19/h1-16,23,27H/b22-21+. The molecule has 3 aromatic rings. The summed E-state index contributed by atoms with van der Waals surface area (Å²) in [6.45, 7) is 0. The Bertz CT molecular complexity index is 1260. The molecule has 0 bridgehead atoms. The molecule has 156 valence electrons. The number of allylic oxidation sites excluding steroid dienone is 1. The fourth-order valence-corrected chi connectivity index (χ4v) is 3.92. The molecule has 0 radical (unpaired) electrons. The van der Waals surface area contributed by atoms with Crippen molar-refractivity contribution < 1.29 is 19.1 Å². The van der Waals surface area contributed by atoms with Gasteiger partial charge in [0.05, 0.1) is 11.6 Å². The number of anilines is 2. The number of ketones is 1. The van der Waals surface area contributed by atoms with Crippen molar-refractivity contribution in [2.75, 3.05) is 10.2 Å². The van der Waals surface area contributed by atoms with Crippen LogP contribution in [-0.2, 0) is 19.1 Å². The van der Waals surface area contributed by atoms with Crippen LogP contribution in [0.15, 0.2) is 114 Å². The van der Waals surface area contributed by atoms with Crippen LogP contribution in [-0.4, -0.2) is 17.7 Å². The fourth-order valence-electron chi connectivity index (χ4n) is 3.92. The number of amides is 1. The Kier molecular flexibility index (Phi) is 4.88. The first-order valence-electron chi connectivity index (χ1n) is 10.1. The predicted octanol–water partition coefficient (Wildman–Crippen LogP) is 4.15. The zero-order valence-electron chi connectivity index (χ0n) is 16.9. The van der Waals surface area contributed by atoms with Gasteiger partial charge >= 0.3 is 5.97 Å². The summed E-state index contributed by atoms with van der Waals surface area (Å²) >= 11 is 0. The van der Waals surface area contributed by atoms with Crippen molar-refractivity contribution in [1.82, 2.24) is 0 Å². The Labute approximate surface area is 184 Å². The van der Waals surface area contributed by atoms with Gasteiger partial charge < -0.3 is 10.1 Å². The predicted molar refractivity (Wildman–Crippen MR) is 119 cm³/mol. The molecule has 1 N–H and O–H groups in total. The number of Topliss-reactive ketones (excluding diaryl/α,β-unsaturated/α-hetero) is 1. The van der Waals surface area contributed by atoms with Gasteiger partial charge in [-0.25, -0.2) is 4.79 Å². The maximum absolute atomic E-state index is 13.1. The van der Waals surface area contributed by atoms with Crippen LogP contribution in [0, 0.1) is 0 Å². The van der Waals surface area contributed by atoms with E-state index in [1.165, 1.54) is 11.0 Å². The van der Waals surface area contributed by atoms with Crippen molar-refractivity contribution >= 4 is 29.0 Å². The van der Waals surface area contributed by atoms with E-state index in [4.69, 9.17) is 4.74 Å². The van der Waals surface area contributed by atoms with Gasteiger partial charge in [0.25, 0.3) is 11.7 Å². The van der Waals surface area contributed by atoms with E-state index in [1.807, 2.05) is 66.7 Å². The summed E-state index contributed by atoms with van der Waals surface area (Å²) in [7, 11) is 0. The molecule has 0 saturated carbocycles. The molecule has 2 aliphatic heterocycles. The average Bonchev–Trinajstić information content (AvgIpc) is 3.32. The molecular weight excluding hydrogens is 404 g/mol. The maximum atomic E-state index is 13.1. The van der Waals surface area contributed by atoms with Crippen molar-refractivity contribution in [2.24, 2.45) is 0 Å². The van der Waals surface area contributed by atoms with E-state index >= 15 is 0 Å². The first-order valence-corrected chi connectivity index (χ1v) is 10.1. The van der Waals surface area contributed by atoms with E-state index in [0.29, 0.717) is 11.4 Å². The SMILES string of the molecule is O=C1O/C(=C2/C(=O)C(=O)N(c3ccccc3)C2c2ccccc2)C=C1Nc1ccccc1. The van der Waals surface area contributed by atoms with Crippen molar-refractivity contribution in [3.8, 4) is 0 Å². The van der Waals surface area contributed by atoms with Gasteiger partial charge in [0.2, 0.25) is 0 Å². The minimum absolute atomic E-state index is 0.0825. The third-order valence-electron chi connectivity index (χ3n) is 5.36. The molecule has 1 amide bonds. The van der Waals surface area contributed by atoms with Crippen LogP contribution in [0.1, 0.15) is 11.6 Å². The third-order valence-corrected chi connectivity index (χ3v) is 5.36. The summed E-state index contributed by atoms with van der Waals surface area (Å²) in [4.78, 5) is 40.2. The molecule has 0 aliphatic carbocycles.